The number of carbonyl (C=O) groups is 1. The van der Waals surface area contributed by atoms with Crippen LogP contribution in [0.3, 0.4) is 0 Å². The van der Waals surface area contributed by atoms with E-state index >= 15 is 0 Å². The Kier molecular flexibility index (Phi) is 7.52. The van der Waals surface area contributed by atoms with E-state index in [1.54, 1.807) is 26.4 Å². The number of halogens is 1. The maximum atomic E-state index is 13.2. The molecule has 1 fully saturated rings. The number of nitrogens with zero attached hydrogens (tertiary/aromatic N) is 2. The predicted octanol–water partition coefficient (Wildman–Crippen LogP) is 3.23. The number of rotatable bonds is 7. The zero-order valence-corrected chi connectivity index (χ0v) is 17.9. The normalized spacial score (nSPS) is 15.9. The Morgan fingerprint density at radius 2 is 1.83 bits per heavy atom. The number of ether oxygens (including phenoxy) is 2. The predicted molar refractivity (Wildman–Crippen MR) is 116 cm³/mol. The first-order valence-corrected chi connectivity index (χ1v) is 10.2. The Balaban J connectivity index is 1.55. The third-order valence-electron chi connectivity index (χ3n) is 5.43. The van der Waals surface area contributed by atoms with Gasteiger partial charge in [-0.05, 0) is 55.8 Å². The van der Waals surface area contributed by atoms with Gasteiger partial charge in [0.05, 0.1) is 26.8 Å². The maximum absolute atomic E-state index is 13.2. The number of amides is 1. The highest BCUT2D eigenvalue weighted by Gasteiger charge is 2.20. The standard InChI is InChI=1S/C23H30FN3O3/c1-17(21-15-20(29-2)9-10-22(21)30-3)25-23(28)16-26-11-4-12-27(14-13-26)19-7-5-18(24)6-8-19/h5-10,15,17H,4,11-14,16H2,1-3H3,(H,25,28). The molecule has 2 aromatic rings. The molecule has 2 aromatic carbocycles. The van der Waals surface area contributed by atoms with Crippen LogP contribution in [0.25, 0.3) is 0 Å². The first-order chi connectivity index (χ1) is 14.5. The second-order valence-corrected chi connectivity index (χ2v) is 7.49. The smallest absolute Gasteiger partial charge is 0.234 e. The van der Waals surface area contributed by atoms with Gasteiger partial charge in [-0.2, -0.15) is 0 Å². The molecule has 1 unspecified atom stereocenters. The molecule has 1 saturated heterocycles. The van der Waals surface area contributed by atoms with Crippen molar-refractivity contribution in [3.63, 3.8) is 0 Å². The van der Waals surface area contributed by atoms with Crippen LogP contribution >= 0.6 is 0 Å². The average Bonchev–Trinajstić information content (AvgIpc) is 2.99. The molecule has 0 spiro atoms. The number of benzene rings is 2. The summed E-state index contributed by atoms with van der Waals surface area (Å²) >= 11 is 0. The van der Waals surface area contributed by atoms with Gasteiger partial charge in [0.1, 0.15) is 17.3 Å². The van der Waals surface area contributed by atoms with Crippen LogP contribution in [0.2, 0.25) is 0 Å². The zero-order valence-electron chi connectivity index (χ0n) is 17.9. The summed E-state index contributed by atoms with van der Waals surface area (Å²) in [5.74, 6) is 1.19. The molecule has 7 heteroatoms. The van der Waals surface area contributed by atoms with Crippen LogP contribution < -0.4 is 19.7 Å². The van der Waals surface area contributed by atoms with Crippen molar-refractivity contribution in [2.24, 2.45) is 0 Å². The first kappa shape index (κ1) is 21.9. The molecule has 0 radical (unpaired) electrons. The molecule has 1 aliphatic heterocycles. The van der Waals surface area contributed by atoms with Gasteiger partial charge in [-0.25, -0.2) is 4.39 Å². The zero-order chi connectivity index (χ0) is 21.5. The summed E-state index contributed by atoms with van der Waals surface area (Å²) in [5, 5.41) is 3.07. The lowest BCUT2D eigenvalue weighted by Crippen LogP contribution is -2.40. The fraction of sp³-hybridized carbons (Fsp3) is 0.435. The third kappa shape index (κ3) is 5.63. The molecule has 0 aromatic heterocycles. The van der Waals surface area contributed by atoms with Gasteiger partial charge in [-0.1, -0.05) is 0 Å². The van der Waals surface area contributed by atoms with Gasteiger partial charge in [0, 0.05) is 37.4 Å². The van der Waals surface area contributed by atoms with E-state index in [2.05, 4.69) is 15.1 Å². The number of nitrogens with one attached hydrogen (secondary N) is 1. The number of methoxy groups -OCH3 is 2. The van der Waals surface area contributed by atoms with Gasteiger partial charge in [0.15, 0.2) is 0 Å². The molecular formula is C23H30FN3O3. The van der Waals surface area contributed by atoms with Gasteiger partial charge < -0.3 is 19.7 Å². The maximum Gasteiger partial charge on any atom is 0.234 e. The number of carbonyl (C=O) groups excluding carboxylic acids is 1. The Morgan fingerprint density at radius 3 is 2.53 bits per heavy atom. The highest BCUT2D eigenvalue weighted by atomic mass is 19.1. The summed E-state index contributed by atoms with van der Waals surface area (Å²) in [6.45, 7) is 5.60. The first-order valence-electron chi connectivity index (χ1n) is 10.2. The van der Waals surface area contributed by atoms with E-state index < -0.39 is 0 Å². The van der Waals surface area contributed by atoms with Crippen molar-refractivity contribution in [1.82, 2.24) is 10.2 Å². The highest BCUT2D eigenvalue weighted by Crippen LogP contribution is 2.29. The van der Waals surface area contributed by atoms with Gasteiger partial charge in [0.25, 0.3) is 0 Å². The van der Waals surface area contributed by atoms with Crippen LogP contribution in [0.5, 0.6) is 11.5 Å². The monoisotopic (exact) mass is 415 g/mol. The molecule has 6 nitrogen and oxygen atoms in total. The van der Waals surface area contributed by atoms with Crippen molar-refractivity contribution in [1.29, 1.82) is 0 Å². The Labute approximate surface area is 177 Å². The van der Waals surface area contributed by atoms with Crippen LogP contribution in [0, 0.1) is 5.82 Å². The van der Waals surface area contributed by atoms with E-state index in [1.165, 1.54) is 12.1 Å². The minimum absolute atomic E-state index is 0.0254. The van der Waals surface area contributed by atoms with Crippen molar-refractivity contribution in [3.8, 4) is 11.5 Å². The summed E-state index contributed by atoms with van der Waals surface area (Å²) in [6.07, 6.45) is 0.948. The van der Waals surface area contributed by atoms with Crippen LogP contribution in [-0.4, -0.2) is 57.8 Å². The number of hydrogen-bond donors (Lipinski definition) is 1. The molecule has 1 aliphatic rings. The Hall–Kier alpha value is -2.80. The second-order valence-electron chi connectivity index (χ2n) is 7.49. The topological polar surface area (TPSA) is 54.0 Å². The fourth-order valence-corrected chi connectivity index (χ4v) is 3.78. The van der Waals surface area contributed by atoms with E-state index in [0.717, 1.165) is 49.6 Å². The lowest BCUT2D eigenvalue weighted by molar-refractivity contribution is -0.122. The van der Waals surface area contributed by atoms with Crippen LogP contribution in [-0.2, 0) is 4.79 Å². The van der Waals surface area contributed by atoms with Gasteiger partial charge in [0.2, 0.25) is 5.91 Å². The van der Waals surface area contributed by atoms with Crippen LogP contribution in [0.1, 0.15) is 24.9 Å². The van der Waals surface area contributed by atoms with Crippen molar-refractivity contribution in [2.75, 3.05) is 51.8 Å². The summed E-state index contributed by atoms with van der Waals surface area (Å²) in [7, 11) is 3.23. The molecule has 0 aliphatic carbocycles. The summed E-state index contributed by atoms with van der Waals surface area (Å²) in [6, 6.07) is 11.9. The molecular weight excluding hydrogens is 385 g/mol. The van der Waals surface area contributed by atoms with E-state index in [9.17, 15) is 9.18 Å². The van der Waals surface area contributed by atoms with E-state index in [4.69, 9.17) is 9.47 Å². The van der Waals surface area contributed by atoms with E-state index in [0.29, 0.717) is 12.3 Å². The molecule has 1 heterocycles. The van der Waals surface area contributed by atoms with Crippen LogP contribution in [0.15, 0.2) is 42.5 Å². The molecule has 1 amide bonds. The summed E-state index contributed by atoms with van der Waals surface area (Å²) in [4.78, 5) is 17.1. The van der Waals surface area contributed by atoms with E-state index in [1.807, 2.05) is 25.1 Å². The minimum atomic E-state index is -0.228. The quantitative estimate of drug-likeness (QED) is 0.753. The lowest BCUT2D eigenvalue weighted by atomic mass is 10.1. The largest absolute Gasteiger partial charge is 0.497 e. The number of anilines is 1. The van der Waals surface area contributed by atoms with Gasteiger partial charge >= 0.3 is 0 Å². The Bertz CT molecular complexity index is 844. The van der Waals surface area contributed by atoms with Gasteiger partial charge in [-0.3, -0.25) is 9.69 Å². The molecule has 162 valence electrons. The average molecular weight is 416 g/mol. The lowest BCUT2D eigenvalue weighted by Gasteiger charge is -2.24. The number of hydrogen-bond acceptors (Lipinski definition) is 5. The molecule has 3 rings (SSSR count). The minimum Gasteiger partial charge on any atom is -0.497 e. The van der Waals surface area contributed by atoms with Crippen molar-refractivity contribution >= 4 is 11.6 Å². The van der Waals surface area contributed by atoms with Crippen molar-refractivity contribution in [3.05, 3.63) is 53.8 Å². The highest BCUT2D eigenvalue weighted by molar-refractivity contribution is 5.78. The molecule has 0 bridgehead atoms. The van der Waals surface area contributed by atoms with Crippen molar-refractivity contribution in [2.45, 2.75) is 19.4 Å². The van der Waals surface area contributed by atoms with Crippen LogP contribution in [0.4, 0.5) is 10.1 Å². The fourth-order valence-electron chi connectivity index (χ4n) is 3.78. The summed E-state index contributed by atoms with van der Waals surface area (Å²) < 4.78 is 23.9. The molecule has 1 atom stereocenters. The second kappa shape index (κ2) is 10.3. The summed E-state index contributed by atoms with van der Waals surface area (Å²) in [5.41, 5.74) is 1.89. The Morgan fingerprint density at radius 1 is 1.07 bits per heavy atom. The van der Waals surface area contributed by atoms with E-state index in [-0.39, 0.29) is 17.8 Å². The van der Waals surface area contributed by atoms with Crippen molar-refractivity contribution < 1.29 is 18.7 Å². The molecule has 1 N–H and O–H groups in total. The molecule has 0 saturated carbocycles. The SMILES string of the molecule is COc1ccc(OC)c(C(C)NC(=O)CN2CCCN(c3ccc(F)cc3)CC2)c1. The third-order valence-corrected chi connectivity index (χ3v) is 5.43. The molecule has 30 heavy (non-hydrogen) atoms. The van der Waals surface area contributed by atoms with Gasteiger partial charge in [-0.15, -0.1) is 0 Å².